The fourth-order valence-electron chi connectivity index (χ4n) is 3.33. The fraction of sp³-hybridized carbons (Fsp3) is 0.524. The maximum atomic E-state index is 13.1. The van der Waals surface area contributed by atoms with Crippen LogP contribution in [0.5, 0.6) is 0 Å². The van der Waals surface area contributed by atoms with Gasteiger partial charge in [-0.2, -0.15) is 0 Å². The molecule has 1 aliphatic heterocycles. The van der Waals surface area contributed by atoms with E-state index in [-0.39, 0.29) is 5.25 Å². The Balaban J connectivity index is 1.51. The van der Waals surface area contributed by atoms with Crippen LogP contribution < -0.4 is 0 Å². The van der Waals surface area contributed by atoms with Gasteiger partial charge in [0.1, 0.15) is 0 Å². The first-order valence-electron chi connectivity index (χ1n) is 9.60. The van der Waals surface area contributed by atoms with Crippen molar-refractivity contribution in [1.82, 2.24) is 14.8 Å². The van der Waals surface area contributed by atoms with Crippen LogP contribution in [-0.4, -0.2) is 52.1 Å². The number of piperazine rings is 1. The van der Waals surface area contributed by atoms with Crippen LogP contribution in [0.2, 0.25) is 0 Å². The Hall–Kier alpha value is -1.37. The van der Waals surface area contributed by atoms with E-state index < -0.39 is 0 Å². The number of rotatable bonds is 7. The van der Waals surface area contributed by atoms with E-state index >= 15 is 0 Å². The SMILES string of the molecule is Cc1nc(CN2CCN(C(=O)[C@H](SCc3ccccc3)C(C)C)CC2)cs1. The van der Waals surface area contributed by atoms with Gasteiger partial charge in [0.25, 0.3) is 0 Å². The number of hydrogen-bond acceptors (Lipinski definition) is 5. The molecule has 0 spiro atoms. The van der Waals surface area contributed by atoms with Crippen LogP contribution in [0.1, 0.15) is 30.1 Å². The third-order valence-corrected chi connectivity index (χ3v) is 7.28. The fourth-order valence-corrected chi connectivity index (χ4v) is 5.17. The molecule has 0 radical (unpaired) electrons. The maximum Gasteiger partial charge on any atom is 0.236 e. The van der Waals surface area contributed by atoms with E-state index in [1.54, 1.807) is 23.1 Å². The van der Waals surface area contributed by atoms with Crippen LogP contribution >= 0.6 is 23.1 Å². The van der Waals surface area contributed by atoms with Crippen LogP contribution in [0.3, 0.4) is 0 Å². The number of carbonyl (C=O) groups excluding carboxylic acids is 1. The highest BCUT2D eigenvalue weighted by Gasteiger charge is 2.30. The van der Waals surface area contributed by atoms with Crippen molar-refractivity contribution in [3.63, 3.8) is 0 Å². The highest BCUT2D eigenvalue weighted by atomic mass is 32.2. The van der Waals surface area contributed by atoms with Crippen molar-refractivity contribution in [2.24, 2.45) is 5.92 Å². The number of amides is 1. The Morgan fingerprint density at radius 2 is 1.89 bits per heavy atom. The van der Waals surface area contributed by atoms with Gasteiger partial charge in [0.15, 0.2) is 0 Å². The molecule has 2 heterocycles. The average molecular weight is 404 g/mol. The summed E-state index contributed by atoms with van der Waals surface area (Å²) in [4.78, 5) is 22.1. The van der Waals surface area contributed by atoms with Gasteiger partial charge < -0.3 is 4.90 Å². The van der Waals surface area contributed by atoms with Crippen LogP contribution in [0, 0.1) is 12.8 Å². The summed E-state index contributed by atoms with van der Waals surface area (Å²) in [5.41, 5.74) is 2.43. The minimum Gasteiger partial charge on any atom is -0.339 e. The molecule has 1 amide bonds. The predicted octanol–water partition coefficient (Wildman–Crippen LogP) is 4.05. The molecular weight excluding hydrogens is 374 g/mol. The van der Waals surface area contributed by atoms with E-state index in [0.29, 0.717) is 11.8 Å². The Kier molecular flexibility index (Phi) is 7.33. The first-order chi connectivity index (χ1) is 13.0. The molecule has 1 aromatic heterocycles. The molecule has 27 heavy (non-hydrogen) atoms. The van der Waals surface area contributed by atoms with Crippen LogP contribution in [0.4, 0.5) is 0 Å². The molecule has 6 heteroatoms. The van der Waals surface area contributed by atoms with Gasteiger partial charge in [0, 0.05) is 43.9 Å². The number of aromatic nitrogens is 1. The molecule has 0 unspecified atom stereocenters. The third kappa shape index (κ3) is 5.80. The first kappa shape index (κ1) is 20.4. The van der Waals surface area contributed by atoms with Crippen molar-refractivity contribution < 1.29 is 4.79 Å². The summed E-state index contributed by atoms with van der Waals surface area (Å²) >= 11 is 3.48. The zero-order chi connectivity index (χ0) is 19.2. The molecule has 146 valence electrons. The molecule has 2 aromatic rings. The molecule has 0 bridgehead atoms. The second kappa shape index (κ2) is 9.71. The lowest BCUT2D eigenvalue weighted by Gasteiger charge is -2.36. The van der Waals surface area contributed by atoms with Gasteiger partial charge in [-0.15, -0.1) is 23.1 Å². The Morgan fingerprint density at radius 1 is 1.19 bits per heavy atom. The molecule has 0 aliphatic carbocycles. The van der Waals surface area contributed by atoms with E-state index in [1.165, 1.54) is 5.56 Å². The monoisotopic (exact) mass is 403 g/mol. The lowest BCUT2D eigenvalue weighted by molar-refractivity contribution is -0.133. The molecule has 3 rings (SSSR count). The minimum absolute atomic E-state index is 0.0259. The van der Waals surface area contributed by atoms with Gasteiger partial charge >= 0.3 is 0 Å². The Labute approximate surface area is 171 Å². The summed E-state index contributed by atoms with van der Waals surface area (Å²) in [6, 6.07) is 10.4. The molecule has 0 N–H and O–H groups in total. The zero-order valence-corrected chi connectivity index (χ0v) is 18.1. The summed E-state index contributed by atoms with van der Waals surface area (Å²) in [6.45, 7) is 10.7. The quantitative estimate of drug-likeness (QED) is 0.699. The average Bonchev–Trinajstić information content (AvgIpc) is 3.07. The number of hydrogen-bond donors (Lipinski definition) is 0. The smallest absolute Gasteiger partial charge is 0.236 e. The van der Waals surface area contributed by atoms with Gasteiger partial charge in [-0.1, -0.05) is 44.2 Å². The second-order valence-corrected chi connectivity index (χ2v) is 9.61. The predicted molar refractivity (Wildman–Crippen MR) is 115 cm³/mol. The van der Waals surface area contributed by atoms with Crippen molar-refractivity contribution in [2.75, 3.05) is 26.2 Å². The molecule has 1 aliphatic rings. The van der Waals surface area contributed by atoms with Crippen molar-refractivity contribution in [2.45, 2.75) is 38.3 Å². The van der Waals surface area contributed by atoms with Gasteiger partial charge in [-0.3, -0.25) is 9.69 Å². The van der Waals surface area contributed by atoms with Gasteiger partial charge in [-0.05, 0) is 18.4 Å². The summed E-state index contributed by atoms with van der Waals surface area (Å²) in [6.07, 6.45) is 0. The van der Waals surface area contributed by atoms with Gasteiger partial charge in [-0.25, -0.2) is 4.98 Å². The number of nitrogens with zero attached hydrogens (tertiary/aromatic N) is 3. The van der Waals surface area contributed by atoms with E-state index in [9.17, 15) is 4.79 Å². The molecule has 1 aromatic carbocycles. The maximum absolute atomic E-state index is 13.1. The zero-order valence-electron chi connectivity index (χ0n) is 16.4. The molecular formula is C21H29N3OS2. The van der Waals surface area contributed by atoms with Crippen molar-refractivity contribution in [3.8, 4) is 0 Å². The van der Waals surface area contributed by atoms with E-state index in [1.807, 2.05) is 13.0 Å². The van der Waals surface area contributed by atoms with Crippen molar-refractivity contribution >= 4 is 29.0 Å². The molecule has 1 saturated heterocycles. The standard InChI is InChI=1S/C21H29N3OS2/c1-16(2)20(27-14-18-7-5-4-6-8-18)21(25)24-11-9-23(10-12-24)13-19-15-26-17(3)22-19/h4-8,15-16,20H,9-14H2,1-3H3/t20-/m1/s1. The number of aryl methyl sites for hydroxylation is 1. The Bertz CT molecular complexity index is 724. The third-order valence-electron chi connectivity index (χ3n) is 4.86. The lowest BCUT2D eigenvalue weighted by atomic mass is 10.1. The highest BCUT2D eigenvalue weighted by molar-refractivity contribution is 7.99. The van der Waals surface area contributed by atoms with Gasteiger partial charge in [0.2, 0.25) is 5.91 Å². The van der Waals surface area contributed by atoms with Crippen molar-refractivity contribution in [1.29, 1.82) is 0 Å². The van der Waals surface area contributed by atoms with Crippen LogP contribution in [-0.2, 0) is 17.1 Å². The minimum atomic E-state index is 0.0259. The van der Waals surface area contributed by atoms with Crippen LogP contribution in [0.25, 0.3) is 0 Å². The molecule has 1 fully saturated rings. The number of carbonyl (C=O) groups is 1. The molecule has 1 atom stereocenters. The number of thioether (sulfide) groups is 1. The molecule has 4 nitrogen and oxygen atoms in total. The Morgan fingerprint density at radius 3 is 2.48 bits per heavy atom. The number of benzene rings is 1. The second-order valence-electron chi connectivity index (χ2n) is 7.42. The highest BCUT2D eigenvalue weighted by Crippen LogP contribution is 2.26. The van der Waals surface area contributed by atoms with Crippen LogP contribution in [0.15, 0.2) is 35.7 Å². The number of thiazole rings is 1. The summed E-state index contributed by atoms with van der Waals surface area (Å²) < 4.78 is 0. The first-order valence-corrected chi connectivity index (χ1v) is 11.5. The van der Waals surface area contributed by atoms with E-state index in [4.69, 9.17) is 0 Å². The lowest BCUT2D eigenvalue weighted by Crippen LogP contribution is -2.51. The van der Waals surface area contributed by atoms with E-state index in [2.05, 4.69) is 58.3 Å². The summed E-state index contributed by atoms with van der Waals surface area (Å²) in [5, 5.41) is 3.29. The van der Waals surface area contributed by atoms with Gasteiger partial charge in [0.05, 0.1) is 16.0 Å². The largest absolute Gasteiger partial charge is 0.339 e. The topological polar surface area (TPSA) is 36.4 Å². The summed E-state index contributed by atoms with van der Waals surface area (Å²) in [5.74, 6) is 1.52. The normalized spacial score (nSPS) is 16.7. The van der Waals surface area contributed by atoms with E-state index in [0.717, 1.165) is 49.2 Å². The van der Waals surface area contributed by atoms with Crippen molar-refractivity contribution in [3.05, 3.63) is 52.0 Å². The molecule has 0 saturated carbocycles. The summed E-state index contributed by atoms with van der Waals surface area (Å²) in [7, 11) is 0.